The molecule has 0 spiro atoms. The fourth-order valence-electron chi connectivity index (χ4n) is 2.61. The van der Waals surface area contributed by atoms with Crippen LogP contribution in [0.15, 0.2) is 39.9 Å². The van der Waals surface area contributed by atoms with Crippen molar-refractivity contribution in [3.05, 3.63) is 46.2 Å². The van der Waals surface area contributed by atoms with E-state index < -0.39 is 10.0 Å². The summed E-state index contributed by atoms with van der Waals surface area (Å²) in [5.74, 6) is -0.164. The normalized spacial score (nSPS) is 15.9. The predicted molar refractivity (Wildman–Crippen MR) is 97.4 cm³/mol. The van der Waals surface area contributed by atoms with E-state index in [1.165, 1.54) is 21.7 Å². The number of ether oxygens (including phenoxy) is 1. The van der Waals surface area contributed by atoms with Crippen molar-refractivity contribution in [1.82, 2.24) is 4.31 Å². The van der Waals surface area contributed by atoms with Crippen molar-refractivity contribution in [2.24, 2.45) is 0 Å². The second-order valence-electron chi connectivity index (χ2n) is 5.85. The van der Waals surface area contributed by atoms with E-state index in [-0.39, 0.29) is 17.2 Å². The zero-order chi connectivity index (χ0) is 17.9. The van der Waals surface area contributed by atoms with Gasteiger partial charge in [0.25, 0.3) is 0 Å². The minimum atomic E-state index is -3.58. The fraction of sp³-hybridized carbons (Fsp3) is 0.353. The second-order valence-corrected chi connectivity index (χ2v) is 8.57. The Morgan fingerprint density at radius 3 is 2.72 bits per heavy atom. The average molecular weight is 380 g/mol. The monoisotopic (exact) mass is 380 g/mol. The van der Waals surface area contributed by atoms with Gasteiger partial charge in [0.2, 0.25) is 15.9 Å². The Bertz CT molecular complexity index is 842. The summed E-state index contributed by atoms with van der Waals surface area (Å²) in [7, 11) is -3.58. The minimum absolute atomic E-state index is 0.164. The van der Waals surface area contributed by atoms with Gasteiger partial charge < -0.3 is 10.1 Å². The van der Waals surface area contributed by atoms with Crippen molar-refractivity contribution in [2.75, 3.05) is 31.6 Å². The quantitative estimate of drug-likeness (QED) is 0.863. The number of carbonyl (C=O) groups excluding carboxylic acids is 1. The lowest BCUT2D eigenvalue weighted by atomic mass is 10.2. The summed E-state index contributed by atoms with van der Waals surface area (Å²) in [6.07, 6.45) is 0.267. The van der Waals surface area contributed by atoms with Gasteiger partial charge in [-0.3, -0.25) is 4.79 Å². The van der Waals surface area contributed by atoms with Crippen LogP contribution in [0.3, 0.4) is 0 Å². The summed E-state index contributed by atoms with van der Waals surface area (Å²) in [4.78, 5) is 12.4. The molecule has 1 aromatic carbocycles. The van der Waals surface area contributed by atoms with Gasteiger partial charge in [0.05, 0.1) is 24.5 Å². The molecular formula is C17H20N2O4S2. The van der Waals surface area contributed by atoms with Gasteiger partial charge in [-0.15, -0.1) is 0 Å². The van der Waals surface area contributed by atoms with Gasteiger partial charge in [-0.05, 0) is 47.0 Å². The molecule has 1 fully saturated rings. The number of hydrogen-bond donors (Lipinski definition) is 1. The number of aryl methyl sites for hydroxylation is 1. The molecule has 134 valence electrons. The molecule has 0 saturated carbocycles. The lowest BCUT2D eigenvalue weighted by Crippen LogP contribution is -2.40. The van der Waals surface area contributed by atoms with Crippen LogP contribution in [0.1, 0.15) is 11.1 Å². The van der Waals surface area contributed by atoms with E-state index in [1.807, 2.05) is 23.8 Å². The third-order valence-corrected chi connectivity index (χ3v) is 6.66. The maximum absolute atomic E-state index is 12.8. The van der Waals surface area contributed by atoms with Crippen LogP contribution in [0.5, 0.6) is 0 Å². The summed E-state index contributed by atoms with van der Waals surface area (Å²) in [6.45, 7) is 3.32. The van der Waals surface area contributed by atoms with Crippen molar-refractivity contribution < 1.29 is 17.9 Å². The zero-order valence-corrected chi connectivity index (χ0v) is 15.5. The highest BCUT2D eigenvalue weighted by Crippen LogP contribution is 2.24. The third kappa shape index (κ3) is 4.27. The predicted octanol–water partition coefficient (Wildman–Crippen LogP) is 2.26. The van der Waals surface area contributed by atoms with Gasteiger partial charge in [0.15, 0.2) is 0 Å². The molecule has 1 aromatic heterocycles. The van der Waals surface area contributed by atoms with Crippen molar-refractivity contribution in [1.29, 1.82) is 0 Å². The Balaban J connectivity index is 1.79. The molecule has 1 amide bonds. The zero-order valence-electron chi connectivity index (χ0n) is 13.9. The van der Waals surface area contributed by atoms with Gasteiger partial charge in [-0.25, -0.2) is 8.42 Å². The molecule has 2 heterocycles. The topological polar surface area (TPSA) is 75.7 Å². The second kappa shape index (κ2) is 7.65. The number of benzene rings is 1. The number of nitrogens with zero attached hydrogens (tertiary/aromatic N) is 1. The molecule has 3 rings (SSSR count). The van der Waals surface area contributed by atoms with Crippen LogP contribution < -0.4 is 5.32 Å². The van der Waals surface area contributed by atoms with Gasteiger partial charge in [0, 0.05) is 18.8 Å². The molecule has 1 saturated heterocycles. The molecule has 0 atom stereocenters. The Morgan fingerprint density at radius 1 is 1.28 bits per heavy atom. The first-order valence-electron chi connectivity index (χ1n) is 7.96. The molecule has 0 aliphatic carbocycles. The minimum Gasteiger partial charge on any atom is -0.379 e. The van der Waals surface area contributed by atoms with Crippen LogP contribution >= 0.6 is 11.3 Å². The van der Waals surface area contributed by atoms with Gasteiger partial charge >= 0.3 is 0 Å². The van der Waals surface area contributed by atoms with E-state index in [4.69, 9.17) is 4.74 Å². The molecule has 6 nitrogen and oxygen atoms in total. The van der Waals surface area contributed by atoms with Crippen LogP contribution in [-0.4, -0.2) is 44.9 Å². The van der Waals surface area contributed by atoms with E-state index in [1.54, 1.807) is 12.1 Å². The van der Waals surface area contributed by atoms with Crippen LogP contribution in [0.25, 0.3) is 0 Å². The Kier molecular flexibility index (Phi) is 5.53. The van der Waals surface area contributed by atoms with Gasteiger partial charge in [0.1, 0.15) is 0 Å². The summed E-state index contributed by atoms with van der Waals surface area (Å²) in [6, 6.07) is 6.73. The van der Waals surface area contributed by atoms with E-state index in [0.717, 1.165) is 11.1 Å². The smallest absolute Gasteiger partial charge is 0.243 e. The molecule has 25 heavy (non-hydrogen) atoms. The number of morpholine rings is 1. The summed E-state index contributed by atoms with van der Waals surface area (Å²) in [5.41, 5.74) is 2.28. The molecule has 2 aromatic rings. The first-order valence-corrected chi connectivity index (χ1v) is 10.3. The molecule has 8 heteroatoms. The number of sulfonamides is 1. The highest BCUT2D eigenvalue weighted by molar-refractivity contribution is 7.89. The molecule has 1 aliphatic rings. The molecule has 0 radical (unpaired) electrons. The first-order chi connectivity index (χ1) is 12.0. The standard InChI is InChI=1S/C17H20N2O4S2/c1-13-2-3-15(25(21,22)19-5-7-23-8-6-19)11-16(13)18-17(20)10-14-4-9-24-12-14/h2-4,9,11-12H,5-8,10H2,1H3,(H,18,20). The molecular weight excluding hydrogens is 360 g/mol. The summed E-state index contributed by atoms with van der Waals surface area (Å²) < 4.78 is 32.1. The largest absolute Gasteiger partial charge is 0.379 e. The molecule has 1 aliphatic heterocycles. The number of thiophene rings is 1. The lowest BCUT2D eigenvalue weighted by molar-refractivity contribution is -0.115. The van der Waals surface area contributed by atoms with Crippen LogP contribution in [0.4, 0.5) is 5.69 Å². The molecule has 0 unspecified atom stereocenters. The highest BCUT2D eigenvalue weighted by Gasteiger charge is 2.26. The van der Waals surface area contributed by atoms with Crippen molar-refractivity contribution >= 4 is 33.0 Å². The van der Waals surface area contributed by atoms with Crippen molar-refractivity contribution in [3.63, 3.8) is 0 Å². The third-order valence-electron chi connectivity index (χ3n) is 4.04. The van der Waals surface area contributed by atoms with Crippen molar-refractivity contribution in [2.45, 2.75) is 18.2 Å². The first kappa shape index (κ1) is 18.1. The Hall–Kier alpha value is -1.74. The van der Waals surface area contributed by atoms with E-state index >= 15 is 0 Å². The Labute approximate surface area is 151 Å². The van der Waals surface area contributed by atoms with E-state index in [9.17, 15) is 13.2 Å². The van der Waals surface area contributed by atoms with Crippen LogP contribution in [-0.2, 0) is 26.0 Å². The maximum atomic E-state index is 12.8. The van der Waals surface area contributed by atoms with Crippen molar-refractivity contribution in [3.8, 4) is 0 Å². The lowest BCUT2D eigenvalue weighted by Gasteiger charge is -2.26. The fourth-order valence-corrected chi connectivity index (χ4v) is 4.71. The molecule has 0 bridgehead atoms. The van der Waals surface area contributed by atoms with E-state index in [0.29, 0.717) is 32.0 Å². The number of anilines is 1. The SMILES string of the molecule is Cc1ccc(S(=O)(=O)N2CCOCC2)cc1NC(=O)Cc1ccsc1. The average Bonchev–Trinajstić information content (AvgIpc) is 3.10. The number of carbonyl (C=O) groups is 1. The number of nitrogens with one attached hydrogen (secondary N) is 1. The summed E-state index contributed by atoms with van der Waals surface area (Å²) in [5, 5.41) is 6.66. The van der Waals surface area contributed by atoms with E-state index in [2.05, 4.69) is 5.32 Å². The number of hydrogen-bond acceptors (Lipinski definition) is 5. The Morgan fingerprint density at radius 2 is 2.04 bits per heavy atom. The van der Waals surface area contributed by atoms with Gasteiger partial charge in [-0.1, -0.05) is 6.07 Å². The highest BCUT2D eigenvalue weighted by atomic mass is 32.2. The van der Waals surface area contributed by atoms with Crippen LogP contribution in [0.2, 0.25) is 0 Å². The molecule has 1 N–H and O–H groups in total. The maximum Gasteiger partial charge on any atom is 0.243 e. The summed E-state index contributed by atoms with van der Waals surface area (Å²) >= 11 is 1.54. The van der Waals surface area contributed by atoms with Gasteiger partial charge in [-0.2, -0.15) is 15.6 Å². The number of amides is 1. The number of rotatable bonds is 5. The van der Waals surface area contributed by atoms with Crippen LogP contribution in [0, 0.1) is 6.92 Å².